The second-order valence-electron chi connectivity index (χ2n) is 6.24. The minimum absolute atomic E-state index is 0.340. The van der Waals surface area contributed by atoms with Crippen molar-refractivity contribution in [2.75, 3.05) is 26.8 Å². The Hall–Kier alpha value is -1.88. The molecular formula is C21H29NO3. The number of nitrogens with zero attached hydrogens (tertiary/aromatic N) is 1. The van der Waals surface area contributed by atoms with Gasteiger partial charge >= 0.3 is 0 Å². The van der Waals surface area contributed by atoms with Crippen LogP contribution in [0.5, 0.6) is 5.75 Å². The van der Waals surface area contributed by atoms with Gasteiger partial charge in [-0.15, -0.1) is 0 Å². The molecule has 0 saturated carbocycles. The third-order valence-electron chi connectivity index (χ3n) is 3.97. The molecule has 4 heteroatoms. The van der Waals surface area contributed by atoms with Gasteiger partial charge in [0.05, 0.1) is 26.4 Å². The molecular weight excluding hydrogens is 314 g/mol. The zero-order valence-electron chi connectivity index (χ0n) is 15.2. The van der Waals surface area contributed by atoms with Gasteiger partial charge in [0.1, 0.15) is 5.75 Å². The van der Waals surface area contributed by atoms with Gasteiger partial charge in [0.25, 0.3) is 0 Å². The summed E-state index contributed by atoms with van der Waals surface area (Å²) < 4.78 is 10.9. The van der Waals surface area contributed by atoms with Gasteiger partial charge in [-0.25, -0.2) is 0 Å². The first-order chi connectivity index (χ1) is 12.2. The predicted molar refractivity (Wildman–Crippen MR) is 101 cm³/mol. The lowest BCUT2D eigenvalue weighted by Crippen LogP contribution is -2.35. The van der Waals surface area contributed by atoms with Crippen LogP contribution in [0.4, 0.5) is 0 Å². The average Bonchev–Trinajstić information content (AvgIpc) is 2.63. The molecule has 2 rings (SSSR count). The Balaban J connectivity index is 1.80. The molecule has 0 bridgehead atoms. The van der Waals surface area contributed by atoms with E-state index < -0.39 is 6.10 Å². The Morgan fingerprint density at radius 1 is 1.04 bits per heavy atom. The number of ether oxygens (including phenoxy) is 2. The van der Waals surface area contributed by atoms with Gasteiger partial charge in [-0.1, -0.05) is 49.4 Å². The Labute approximate surface area is 151 Å². The van der Waals surface area contributed by atoms with E-state index in [4.69, 9.17) is 9.47 Å². The van der Waals surface area contributed by atoms with E-state index in [1.165, 1.54) is 5.56 Å². The fourth-order valence-electron chi connectivity index (χ4n) is 2.82. The van der Waals surface area contributed by atoms with E-state index in [1.54, 1.807) is 7.11 Å². The molecule has 1 N–H and O–H groups in total. The van der Waals surface area contributed by atoms with Gasteiger partial charge in [-0.2, -0.15) is 0 Å². The lowest BCUT2D eigenvalue weighted by Gasteiger charge is -2.25. The van der Waals surface area contributed by atoms with Gasteiger partial charge in [0.2, 0.25) is 0 Å². The molecule has 0 aliphatic rings. The first-order valence-electron chi connectivity index (χ1n) is 8.86. The summed E-state index contributed by atoms with van der Waals surface area (Å²) in [6, 6.07) is 18.1. The number of benzene rings is 2. The first-order valence-corrected chi connectivity index (χ1v) is 8.86. The number of hydrogen-bond acceptors (Lipinski definition) is 4. The summed E-state index contributed by atoms with van der Waals surface area (Å²) in [5, 5.41) is 10.3. The molecule has 0 radical (unpaired) electrons. The Bertz CT molecular complexity index is 603. The fourth-order valence-corrected chi connectivity index (χ4v) is 2.82. The van der Waals surface area contributed by atoms with Crippen LogP contribution in [0.3, 0.4) is 0 Å². The third kappa shape index (κ3) is 7.26. The molecule has 0 fully saturated rings. The van der Waals surface area contributed by atoms with Gasteiger partial charge in [0.15, 0.2) is 0 Å². The van der Waals surface area contributed by atoms with Crippen LogP contribution in [0, 0.1) is 0 Å². The number of hydrogen-bond donors (Lipinski definition) is 1. The zero-order valence-corrected chi connectivity index (χ0v) is 15.2. The lowest BCUT2D eigenvalue weighted by molar-refractivity contribution is 0.00856. The van der Waals surface area contributed by atoms with Gasteiger partial charge in [0, 0.05) is 13.1 Å². The number of methoxy groups -OCH3 is 1. The summed E-state index contributed by atoms with van der Waals surface area (Å²) in [6.45, 7) is 5.35. The van der Waals surface area contributed by atoms with Crippen LogP contribution in [-0.2, 0) is 17.9 Å². The molecule has 2 aromatic rings. The highest BCUT2D eigenvalue weighted by Crippen LogP contribution is 2.15. The third-order valence-corrected chi connectivity index (χ3v) is 3.97. The van der Waals surface area contributed by atoms with Crippen molar-refractivity contribution in [1.82, 2.24) is 4.90 Å². The maximum Gasteiger partial charge on any atom is 0.119 e. The van der Waals surface area contributed by atoms with Crippen LogP contribution in [0.2, 0.25) is 0 Å². The number of rotatable bonds is 11. The Kier molecular flexibility index (Phi) is 8.46. The summed E-state index contributed by atoms with van der Waals surface area (Å²) in [5.74, 6) is 0.862. The van der Waals surface area contributed by atoms with E-state index in [1.807, 2.05) is 48.5 Å². The summed E-state index contributed by atoms with van der Waals surface area (Å²) >= 11 is 0. The van der Waals surface area contributed by atoms with Crippen molar-refractivity contribution in [1.29, 1.82) is 0 Å². The minimum Gasteiger partial charge on any atom is -0.497 e. The first kappa shape index (κ1) is 19.4. The predicted octanol–water partition coefficient (Wildman–Crippen LogP) is 3.48. The summed E-state index contributed by atoms with van der Waals surface area (Å²) in [7, 11) is 1.68. The van der Waals surface area contributed by atoms with Crippen molar-refractivity contribution in [2.24, 2.45) is 0 Å². The molecule has 0 amide bonds. The monoisotopic (exact) mass is 343 g/mol. The maximum atomic E-state index is 10.3. The standard InChI is InChI=1S/C21H29NO3/c1-3-12-22(14-19-10-7-11-21(13-19)24-2)15-20(23)17-25-16-18-8-5-4-6-9-18/h4-11,13,20,23H,3,12,14-17H2,1-2H3. The van der Waals surface area contributed by atoms with Gasteiger partial charge in [-0.3, -0.25) is 4.90 Å². The second kappa shape index (κ2) is 10.9. The summed E-state index contributed by atoms with van der Waals surface area (Å²) in [5.41, 5.74) is 2.31. The average molecular weight is 343 g/mol. The highest BCUT2D eigenvalue weighted by Gasteiger charge is 2.12. The minimum atomic E-state index is -0.499. The molecule has 4 nitrogen and oxygen atoms in total. The van der Waals surface area contributed by atoms with Crippen molar-refractivity contribution in [3.8, 4) is 5.75 Å². The molecule has 25 heavy (non-hydrogen) atoms. The van der Waals surface area contributed by atoms with E-state index in [0.29, 0.717) is 19.8 Å². The van der Waals surface area contributed by atoms with E-state index in [9.17, 15) is 5.11 Å². The molecule has 136 valence electrons. The smallest absolute Gasteiger partial charge is 0.119 e. The van der Waals surface area contributed by atoms with Crippen molar-refractivity contribution in [3.63, 3.8) is 0 Å². The largest absolute Gasteiger partial charge is 0.497 e. The van der Waals surface area contributed by atoms with E-state index >= 15 is 0 Å². The SMILES string of the molecule is CCCN(Cc1cccc(OC)c1)CC(O)COCc1ccccc1. The maximum absolute atomic E-state index is 10.3. The molecule has 0 aliphatic carbocycles. The van der Waals surface area contributed by atoms with E-state index in [2.05, 4.69) is 17.9 Å². The molecule has 0 heterocycles. The molecule has 0 aliphatic heterocycles. The van der Waals surface area contributed by atoms with Crippen molar-refractivity contribution in [3.05, 3.63) is 65.7 Å². The van der Waals surface area contributed by atoms with Crippen LogP contribution in [0.15, 0.2) is 54.6 Å². The zero-order chi connectivity index (χ0) is 17.9. The second-order valence-corrected chi connectivity index (χ2v) is 6.24. The summed E-state index contributed by atoms with van der Waals surface area (Å²) in [6.07, 6.45) is 0.544. The molecule has 1 atom stereocenters. The van der Waals surface area contributed by atoms with Crippen molar-refractivity contribution >= 4 is 0 Å². The van der Waals surface area contributed by atoms with Gasteiger partial charge < -0.3 is 14.6 Å². The van der Waals surface area contributed by atoms with Crippen LogP contribution in [0.25, 0.3) is 0 Å². The molecule has 2 aromatic carbocycles. The molecule has 0 spiro atoms. The topological polar surface area (TPSA) is 41.9 Å². The normalized spacial score (nSPS) is 12.3. The van der Waals surface area contributed by atoms with Crippen molar-refractivity contribution < 1.29 is 14.6 Å². The molecule has 0 saturated heterocycles. The van der Waals surface area contributed by atoms with Crippen LogP contribution < -0.4 is 4.74 Å². The van der Waals surface area contributed by atoms with Crippen LogP contribution >= 0.6 is 0 Å². The number of aliphatic hydroxyl groups excluding tert-OH is 1. The van der Waals surface area contributed by atoms with E-state index in [0.717, 1.165) is 30.8 Å². The highest BCUT2D eigenvalue weighted by atomic mass is 16.5. The summed E-state index contributed by atoms with van der Waals surface area (Å²) in [4.78, 5) is 2.26. The fraction of sp³-hybridized carbons (Fsp3) is 0.429. The lowest BCUT2D eigenvalue weighted by atomic mass is 10.2. The highest BCUT2D eigenvalue weighted by molar-refractivity contribution is 5.28. The van der Waals surface area contributed by atoms with E-state index in [-0.39, 0.29) is 0 Å². The van der Waals surface area contributed by atoms with Crippen LogP contribution in [0.1, 0.15) is 24.5 Å². The molecule has 0 aromatic heterocycles. The Morgan fingerprint density at radius 3 is 2.52 bits per heavy atom. The quantitative estimate of drug-likeness (QED) is 0.678. The van der Waals surface area contributed by atoms with Crippen LogP contribution in [-0.4, -0.2) is 42.9 Å². The van der Waals surface area contributed by atoms with Gasteiger partial charge in [-0.05, 0) is 36.2 Å². The molecule has 1 unspecified atom stereocenters. The number of aliphatic hydroxyl groups is 1. The Morgan fingerprint density at radius 2 is 1.80 bits per heavy atom. The van der Waals surface area contributed by atoms with Crippen molar-refractivity contribution in [2.45, 2.75) is 32.6 Å².